The first-order valence-electron chi connectivity index (χ1n) is 10.8. The number of anilines is 1. The van der Waals surface area contributed by atoms with Gasteiger partial charge in [-0.2, -0.15) is 13.2 Å². The number of hydrogen-bond donors (Lipinski definition) is 3. The van der Waals surface area contributed by atoms with Crippen LogP contribution in [0, 0.1) is 11.3 Å². The van der Waals surface area contributed by atoms with Gasteiger partial charge in [-0.15, -0.1) is 11.8 Å². The fourth-order valence-corrected chi connectivity index (χ4v) is 5.60. The van der Waals surface area contributed by atoms with Crippen LogP contribution in [0.3, 0.4) is 0 Å². The second-order valence-electron chi connectivity index (χ2n) is 8.83. The van der Waals surface area contributed by atoms with Crippen LogP contribution in [0.25, 0.3) is 0 Å². The molecule has 0 bridgehead atoms. The molecular weight excluding hydrogens is 451 g/mol. The second kappa shape index (κ2) is 9.02. The zero-order valence-corrected chi connectivity index (χ0v) is 19.1. The predicted octanol–water partition coefficient (Wildman–Crippen LogP) is 4.71. The molecule has 0 spiro atoms. The van der Waals surface area contributed by atoms with Crippen LogP contribution in [0.5, 0.6) is 0 Å². The van der Waals surface area contributed by atoms with E-state index in [-0.39, 0.29) is 34.7 Å². The molecule has 176 valence electrons. The quantitative estimate of drug-likeness (QED) is 0.584. The van der Waals surface area contributed by atoms with E-state index in [2.05, 4.69) is 35.9 Å². The van der Waals surface area contributed by atoms with Gasteiger partial charge in [0.1, 0.15) is 5.50 Å². The Kier molecular flexibility index (Phi) is 6.46. The summed E-state index contributed by atoms with van der Waals surface area (Å²) < 4.78 is 38.7. The number of carbonyl (C=O) groups is 2. The molecule has 2 aliphatic rings. The summed E-state index contributed by atoms with van der Waals surface area (Å²) >= 11 is 1.20. The zero-order chi connectivity index (χ0) is 23.8. The van der Waals surface area contributed by atoms with E-state index in [0.29, 0.717) is 0 Å². The van der Waals surface area contributed by atoms with Crippen molar-refractivity contribution in [3.8, 4) is 0 Å². The fourth-order valence-electron chi connectivity index (χ4n) is 4.77. The van der Waals surface area contributed by atoms with Gasteiger partial charge in [-0.1, -0.05) is 44.2 Å². The molecule has 5 nitrogen and oxygen atoms in total. The third-order valence-electron chi connectivity index (χ3n) is 6.62. The van der Waals surface area contributed by atoms with Crippen LogP contribution in [0.1, 0.15) is 43.0 Å². The van der Waals surface area contributed by atoms with Crippen LogP contribution in [-0.2, 0) is 22.2 Å². The lowest BCUT2D eigenvalue weighted by atomic mass is 9.61. The first-order valence-corrected chi connectivity index (χ1v) is 11.9. The number of carbonyl (C=O) groups excluding carboxylic acids is 2. The number of amides is 2. The first kappa shape index (κ1) is 23.6. The summed E-state index contributed by atoms with van der Waals surface area (Å²) in [6.45, 7) is 4.23. The van der Waals surface area contributed by atoms with Gasteiger partial charge in [0.05, 0.1) is 17.2 Å². The Labute approximate surface area is 194 Å². The summed E-state index contributed by atoms with van der Waals surface area (Å²) in [7, 11) is 0. The van der Waals surface area contributed by atoms with Crippen molar-refractivity contribution in [1.82, 2.24) is 10.6 Å². The molecule has 2 amide bonds. The van der Waals surface area contributed by atoms with Gasteiger partial charge in [0, 0.05) is 11.7 Å². The highest BCUT2D eigenvalue weighted by Crippen LogP contribution is 2.49. The molecule has 4 atom stereocenters. The Morgan fingerprint density at radius 1 is 1.21 bits per heavy atom. The second-order valence-corrected chi connectivity index (χ2v) is 9.92. The lowest BCUT2D eigenvalue weighted by molar-refractivity contribution is -0.137. The fraction of sp³-hybridized carbons (Fsp3) is 0.417. The summed E-state index contributed by atoms with van der Waals surface area (Å²) in [6.07, 6.45) is -2.80. The molecule has 3 N–H and O–H groups in total. The Morgan fingerprint density at radius 3 is 2.70 bits per heavy atom. The zero-order valence-electron chi connectivity index (χ0n) is 18.3. The topological polar surface area (TPSA) is 70.2 Å². The maximum atomic E-state index is 13.1. The monoisotopic (exact) mass is 477 g/mol. The first-order chi connectivity index (χ1) is 15.6. The molecule has 1 aliphatic heterocycles. The largest absolute Gasteiger partial charge is 0.416 e. The average molecular weight is 478 g/mol. The van der Waals surface area contributed by atoms with E-state index in [0.717, 1.165) is 30.5 Å². The van der Waals surface area contributed by atoms with E-state index >= 15 is 0 Å². The number of thioether (sulfide) groups is 1. The lowest BCUT2D eigenvalue weighted by Gasteiger charge is -2.50. The molecule has 2 aromatic rings. The van der Waals surface area contributed by atoms with E-state index < -0.39 is 23.1 Å². The Balaban J connectivity index is 1.43. The standard InChI is InChI=1S/C24H26F3N3O2S/c1-3-23(2)12-14-7-4-5-10-17(14)20-19(23)21(32)30-22(29-20)33-13-18(31)28-16-9-6-8-15(11-16)24(25,26)27/h4-11,19-20,22,29H,3,12-13H2,1-2H3,(H,28,31)(H,30,32). The van der Waals surface area contributed by atoms with Crippen LogP contribution in [0.4, 0.5) is 18.9 Å². The van der Waals surface area contributed by atoms with Crippen molar-refractivity contribution in [2.45, 2.75) is 44.4 Å². The molecule has 4 unspecified atom stereocenters. The van der Waals surface area contributed by atoms with Crippen molar-refractivity contribution >= 4 is 29.3 Å². The summed E-state index contributed by atoms with van der Waals surface area (Å²) in [5.74, 6) is -0.750. The molecule has 0 aromatic heterocycles. The van der Waals surface area contributed by atoms with Crippen LogP contribution in [-0.4, -0.2) is 23.1 Å². The lowest BCUT2D eigenvalue weighted by Crippen LogP contribution is -2.61. The molecule has 1 aliphatic carbocycles. The molecule has 4 rings (SSSR count). The minimum Gasteiger partial charge on any atom is -0.331 e. The maximum absolute atomic E-state index is 13.1. The van der Waals surface area contributed by atoms with E-state index in [1.807, 2.05) is 18.2 Å². The van der Waals surface area contributed by atoms with Crippen molar-refractivity contribution in [2.75, 3.05) is 11.1 Å². The molecular formula is C24H26F3N3O2S. The van der Waals surface area contributed by atoms with Gasteiger partial charge in [0.2, 0.25) is 11.8 Å². The van der Waals surface area contributed by atoms with Gasteiger partial charge in [-0.3, -0.25) is 14.9 Å². The molecule has 0 radical (unpaired) electrons. The van der Waals surface area contributed by atoms with Crippen molar-refractivity contribution < 1.29 is 22.8 Å². The van der Waals surface area contributed by atoms with Gasteiger partial charge in [0.15, 0.2) is 0 Å². The van der Waals surface area contributed by atoms with Gasteiger partial charge in [-0.05, 0) is 47.6 Å². The summed E-state index contributed by atoms with van der Waals surface area (Å²) in [5.41, 5.74) is 0.898. The maximum Gasteiger partial charge on any atom is 0.416 e. The molecule has 33 heavy (non-hydrogen) atoms. The number of halogens is 3. The molecule has 1 heterocycles. The SMILES string of the molecule is CCC1(C)Cc2ccccc2C2NC(SCC(=O)Nc3cccc(C(F)(F)F)c3)NC(=O)C21. The van der Waals surface area contributed by atoms with Gasteiger partial charge < -0.3 is 10.6 Å². The number of fused-ring (bicyclic) bond motifs is 3. The van der Waals surface area contributed by atoms with E-state index in [9.17, 15) is 22.8 Å². The molecule has 1 saturated heterocycles. The smallest absolute Gasteiger partial charge is 0.331 e. The number of hydrogen-bond acceptors (Lipinski definition) is 4. The van der Waals surface area contributed by atoms with Crippen LogP contribution in [0.15, 0.2) is 48.5 Å². The summed E-state index contributed by atoms with van der Waals surface area (Å²) in [6, 6.07) is 12.4. The minimum atomic E-state index is -4.48. The molecule has 1 fully saturated rings. The van der Waals surface area contributed by atoms with E-state index in [4.69, 9.17) is 0 Å². The number of alkyl halides is 3. The van der Waals surface area contributed by atoms with E-state index in [1.54, 1.807) is 0 Å². The highest BCUT2D eigenvalue weighted by Gasteiger charge is 2.50. The van der Waals surface area contributed by atoms with Crippen molar-refractivity contribution in [3.63, 3.8) is 0 Å². The normalized spacial score (nSPS) is 26.7. The Hall–Kier alpha value is -2.52. The van der Waals surface area contributed by atoms with Crippen LogP contribution >= 0.6 is 11.8 Å². The summed E-state index contributed by atoms with van der Waals surface area (Å²) in [5, 5.41) is 8.95. The third kappa shape index (κ3) is 4.89. The number of benzene rings is 2. The average Bonchev–Trinajstić information content (AvgIpc) is 2.77. The van der Waals surface area contributed by atoms with E-state index in [1.165, 1.54) is 29.5 Å². The highest BCUT2D eigenvalue weighted by atomic mass is 32.2. The Bertz CT molecular complexity index is 1060. The third-order valence-corrected chi connectivity index (χ3v) is 7.63. The van der Waals surface area contributed by atoms with Gasteiger partial charge in [0.25, 0.3) is 0 Å². The highest BCUT2D eigenvalue weighted by molar-refractivity contribution is 8.00. The Morgan fingerprint density at radius 2 is 1.97 bits per heavy atom. The predicted molar refractivity (Wildman–Crippen MR) is 122 cm³/mol. The van der Waals surface area contributed by atoms with Gasteiger partial charge >= 0.3 is 6.18 Å². The number of nitrogens with one attached hydrogen (secondary N) is 3. The van der Waals surface area contributed by atoms with Gasteiger partial charge in [-0.25, -0.2) is 0 Å². The molecule has 9 heteroatoms. The van der Waals surface area contributed by atoms with Crippen molar-refractivity contribution in [1.29, 1.82) is 0 Å². The molecule has 2 aromatic carbocycles. The molecule has 0 saturated carbocycles. The number of rotatable bonds is 5. The minimum absolute atomic E-state index is 0.0295. The van der Waals surface area contributed by atoms with Crippen LogP contribution in [0.2, 0.25) is 0 Å². The van der Waals surface area contributed by atoms with Crippen molar-refractivity contribution in [2.24, 2.45) is 11.3 Å². The van der Waals surface area contributed by atoms with Crippen LogP contribution < -0.4 is 16.0 Å². The summed E-state index contributed by atoms with van der Waals surface area (Å²) in [4.78, 5) is 25.5. The van der Waals surface area contributed by atoms with Crippen molar-refractivity contribution in [3.05, 3.63) is 65.2 Å².